The smallest absolute Gasteiger partial charge is 0.313 e. The van der Waals surface area contributed by atoms with Crippen LogP contribution in [0.4, 0.5) is 0 Å². The van der Waals surface area contributed by atoms with Gasteiger partial charge in [0.25, 0.3) is 0 Å². The van der Waals surface area contributed by atoms with Crippen molar-refractivity contribution in [3.8, 4) is 90.0 Å². The third kappa shape index (κ3) is 8.32. The van der Waals surface area contributed by atoms with Crippen molar-refractivity contribution in [1.29, 1.82) is 0 Å². The van der Waals surface area contributed by atoms with Crippen molar-refractivity contribution >= 4 is 49.8 Å². The first-order chi connectivity index (χ1) is 41.6. The first-order valence-corrected chi connectivity index (χ1v) is 28.6. The highest BCUT2D eigenvalue weighted by Crippen LogP contribution is 2.39. The molecule has 396 valence electrons. The highest BCUT2D eigenvalue weighted by atomic mass is 16.1. The van der Waals surface area contributed by atoms with E-state index in [-0.39, 0.29) is 5.69 Å². The zero-order chi connectivity index (χ0) is 55.7. The quantitative estimate of drug-likeness (QED) is 0.137. The van der Waals surface area contributed by atoms with Crippen LogP contribution in [0.25, 0.3) is 140 Å². The van der Waals surface area contributed by atoms with E-state index in [0.717, 1.165) is 125 Å². The molecule has 1 aliphatic carbocycles. The fourth-order valence-electron chi connectivity index (χ4n) is 12.7. The summed E-state index contributed by atoms with van der Waals surface area (Å²) in [6.07, 6.45) is 6.57. The number of para-hydroxylation sites is 5. The Morgan fingerprint density at radius 3 is 1.17 bits per heavy atom. The molecule has 0 saturated heterocycles. The number of allylic oxidation sites excluding steroid dienone is 1. The van der Waals surface area contributed by atoms with Crippen LogP contribution in [0.15, 0.2) is 290 Å². The minimum Gasteiger partial charge on any atom is -0.313 e. The average molecular weight is 1080 g/mol. The maximum Gasteiger partial charge on any atom is 0.338 e. The number of fused-ring (bicyclic) bond motifs is 7. The van der Waals surface area contributed by atoms with Crippen molar-refractivity contribution in [1.82, 2.24) is 28.2 Å². The first-order valence-electron chi connectivity index (χ1n) is 28.6. The monoisotopic (exact) mass is 1080 g/mol. The molecule has 0 spiro atoms. The Balaban J connectivity index is 0.745. The average Bonchev–Trinajstić information content (AvgIpc) is 3.29. The van der Waals surface area contributed by atoms with E-state index in [9.17, 15) is 0 Å². The van der Waals surface area contributed by atoms with E-state index in [4.69, 9.17) is 9.97 Å². The predicted molar refractivity (Wildman–Crippen MR) is 346 cm³/mol. The van der Waals surface area contributed by atoms with Crippen LogP contribution in [0.5, 0.6) is 0 Å². The molecule has 0 N–H and O–H groups in total. The van der Waals surface area contributed by atoms with E-state index in [2.05, 4.69) is 240 Å². The molecule has 0 aliphatic heterocycles. The Hall–Kier alpha value is -11.2. The molecule has 16 rings (SSSR count). The van der Waals surface area contributed by atoms with Gasteiger partial charge in [-0.15, -0.1) is 0 Å². The summed E-state index contributed by atoms with van der Waals surface area (Å²) in [5.41, 5.74) is 23.1. The van der Waals surface area contributed by atoms with Gasteiger partial charge in [-0.2, -0.15) is 0 Å². The van der Waals surface area contributed by atoms with Gasteiger partial charge in [0.1, 0.15) is 0 Å². The summed E-state index contributed by atoms with van der Waals surface area (Å²) < 4.78 is 8.39. The molecular formula is C77H52N6O. The molecule has 0 atom stereocenters. The largest absolute Gasteiger partial charge is 0.338 e. The molecule has 7 nitrogen and oxygen atoms in total. The zero-order valence-electron chi connectivity index (χ0n) is 45.7. The number of rotatable bonds is 10. The lowest BCUT2D eigenvalue weighted by molar-refractivity contribution is 0.888. The first kappa shape index (κ1) is 48.7. The summed E-state index contributed by atoms with van der Waals surface area (Å²) in [7, 11) is 0. The Bertz CT molecular complexity index is 5090. The van der Waals surface area contributed by atoms with Gasteiger partial charge in [-0.1, -0.05) is 188 Å². The summed E-state index contributed by atoms with van der Waals surface area (Å²) in [6.45, 7) is 0. The highest BCUT2D eigenvalue weighted by molar-refractivity contribution is 6.09. The van der Waals surface area contributed by atoms with Crippen LogP contribution in [-0.4, -0.2) is 28.2 Å². The Kier molecular flexibility index (Phi) is 11.7. The zero-order valence-corrected chi connectivity index (χ0v) is 45.7. The number of aromatic nitrogens is 6. The molecule has 84 heavy (non-hydrogen) atoms. The Morgan fingerprint density at radius 2 is 0.679 bits per heavy atom. The van der Waals surface area contributed by atoms with Gasteiger partial charge in [0.15, 0.2) is 0 Å². The third-order valence-corrected chi connectivity index (χ3v) is 16.7. The molecule has 7 heteroatoms. The Morgan fingerprint density at radius 1 is 0.286 bits per heavy atom. The SMILES string of the molecule is O=c1n(-c2ccc(-c3cc(-c4ccccc4)cc(-c4cccc(-n5c6c(c7ccccc75)C=CCC6)c4)n3)cc2)c2ccccc2n1-c1ccc(-c2cc(-c3ccccc3)cc(-c3cccc(-n4c5ccccc5c5ccccc54)c3)n2)cc1. The molecule has 0 radical (unpaired) electrons. The minimum atomic E-state index is -0.162. The van der Waals surface area contributed by atoms with Crippen LogP contribution in [0.3, 0.4) is 0 Å². The predicted octanol–water partition coefficient (Wildman–Crippen LogP) is 18.6. The van der Waals surface area contributed by atoms with Gasteiger partial charge < -0.3 is 9.13 Å². The summed E-state index contributed by atoms with van der Waals surface area (Å²) >= 11 is 0. The van der Waals surface area contributed by atoms with Crippen molar-refractivity contribution in [2.75, 3.05) is 0 Å². The van der Waals surface area contributed by atoms with E-state index in [1.165, 1.54) is 32.9 Å². The third-order valence-electron chi connectivity index (χ3n) is 16.7. The van der Waals surface area contributed by atoms with Crippen LogP contribution >= 0.6 is 0 Å². The van der Waals surface area contributed by atoms with E-state index in [1.54, 1.807) is 4.57 Å². The van der Waals surface area contributed by atoms with Crippen LogP contribution < -0.4 is 5.69 Å². The normalized spacial score (nSPS) is 12.2. The van der Waals surface area contributed by atoms with Gasteiger partial charge >= 0.3 is 5.69 Å². The summed E-state index contributed by atoms with van der Waals surface area (Å²) in [6, 6.07) is 97.5. The van der Waals surface area contributed by atoms with Crippen molar-refractivity contribution < 1.29 is 0 Å². The van der Waals surface area contributed by atoms with Gasteiger partial charge in [0.05, 0.1) is 61.7 Å². The van der Waals surface area contributed by atoms with Crippen LogP contribution in [0, 0.1) is 0 Å². The lowest BCUT2D eigenvalue weighted by atomic mass is 9.99. The van der Waals surface area contributed by atoms with Gasteiger partial charge in [0, 0.05) is 61.0 Å². The Labute approximate surface area is 485 Å². The number of pyridine rings is 2. The fourth-order valence-corrected chi connectivity index (χ4v) is 12.7. The minimum absolute atomic E-state index is 0.162. The molecule has 0 unspecified atom stereocenters. The van der Waals surface area contributed by atoms with Crippen molar-refractivity contribution in [3.63, 3.8) is 0 Å². The van der Waals surface area contributed by atoms with Crippen molar-refractivity contribution in [2.45, 2.75) is 12.8 Å². The topological polar surface area (TPSA) is 62.6 Å². The number of imidazole rings is 1. The number of hydrogen-bond acceptors (Lipinski definition) is 3. The second kappa shape index (κ2) is 20.1. The molecule has 5 aromatic heterocycles. The molecule has 15 aromatic rings. The van der Waals surface area contributed by atoms with Crippen molar-refractivity contribution in [2.24, 2.45) is 0 Å². The summed E-state index contributed by atoms with van der Waals surface area (Å²) in [5.74, 6) is 0. The summed E-state index contributed by atoms with van der Waals surface area (Å²) in [5, 5.41) is 3.72. The molecule has 1 aliphatic rings. The molecule has 0 amide bonds. The molecule has 0 fully saturated rings. The molecule has 10 aromatic carbocycles. The van der Waals surface area contributed by atoms with Crippen LogP contribution in [0.2, 0.25) is 0 Å². The standard InChI is InChI=1S/C77H52N6O/c84-77-82(59-41-37-53(38-42-59)67-47-57(51-19-3-1-4-20-51)49-69(78-67)55-23-17-25-61(45-55)80-71-31-11-7-27-63(71)64-28-8-12-32-72(64)80)75-35-15-16-36-76(75)83(77)60-43-39-54(40-44-60)68-48-58(52-21-5-2-6-22-52)50-70(79-68)56-24-18-26-62(46-56)81-73-33-13-9-29-65(73)66-30-10-14-34-74(66)81/h1-13,15-33,35-50H,14,34H2. The molecule has 5 heterocycles. The number of nitrogens with zero attached hydrogens (tertiary/aromatic N) is 6. The summed E-state index contributed by atoms with van der Waals surface area (Å²) in [4.78, 5) is 25.8. The van der Waals surface area contributed by atoms with Gasteiger partial charge in [0.2, 0.25) is 0 Å². The molecule has 0 bridgehead atoms. The van der Waals surface area contributed by atoms with Crippen molar-refractivity contribution in [3.05, 3.63) is 307 Å². The van der Waals surface area contributed by atoms with E-state index >= 15 is 4.79 Å². The van der Waals surface area contributed by atoms with E-state index in [0.29, 0.717) is 0 Å². The number of benzene rings is 10. The molecular weight excluding hydrogens is 1020 g/mol. The second-order valence-electron chi connectivity index (χ2n) is 21.6. The van der Waals surface area contributed by atoms with E-state index in [1.807, 2.05) is 65.2 Å². The maximum atomic E-state index is 15.0. The highest BCUT2D eigenvalue weighted by Gasteiger charge is 2.21. The van der Waals surface area contributed by atoms with Gasteiger partial charge in [-0.3, -0.25) is 9.13 Å². The van der Waals surface area contributed by atoms with Crippen LogP contribution in [-0.2, 0) is 6.42 Å². The maximum absolute atomic E-state index is 15.0. The molecule has 0 saturated carbocycles. The fraction of sp³-hybridized carbons (Fsp3) is 0.0260. The van der Waals surface area contributed by atoms with Gasteiger partial charge in [-0.25, -0.2) is 14.8 Å². The number of hydrogen-bond donors (Lipinski definition) is 0. The lowest BCUT2D eigenvalue weighted by Gasteiger charge is -2.15. The van der Waals surface area contributed by atoms with E-state index < -0.39 is 0 Å². The lowest BCUT2D eigenvalue weighted by Crippen LogP contribution is -2.22. The second-order valence-corrected chi connectivity index (χ2v) is 21.6. The van der Waals surface area contributed by atoms with Gasteiger partial charge in [-0.05, 0) is 138 Å². The van der Waals surface area contributed by atoms with Crippen LogP contribution in [0.1, 0.15) is 17.7 Å².